The van der Waals surface area contributed by atoms with Crippen LogP contribution in [0.5, 0.6) is 0 Å². The van der Waals surface area contributed by atoms with E-state index in [1.54, 1.807) is 30.3 Å². The maximum atomic E-state index is 12.4. The van der Waals surface area contributed by atoms with Gasteiger partial charge in [0.2, 0.25) is 11.8 Å². The van der Waals surface area contributed by atoms with Crippen LogP contribution in [-0.2, 0) is 25.2 Å². The summed E-state index contributed by atoms with van der Waals surface area (Å²) in [6.07, 6.45) is -0.0219. The molecule has 22 heavy (non-hydrogen) atoms. The molecule has 0 unspecified atom stereocenters. The average molecular weight is 324 g/mol. The van der Waals surface area contributed by atoms with Crippen LogP contribution in [0.3, 0.4) is 0 Å². The Hall–Kier alpha value is -2.22. The van der Waals surface area contributed by atoms with E-state index in [1.165, 1.54) is 6.92 Å². The van der Waals surface area contributed by atoms with Gasteiger partial charge in [0.25, 0.3) is 0 Å². The van der Waals surface area contributed by atoms with Gasteiger partial charge in [0.05, 0.1) is 11.5 Å². The highest BCUT2D eigenvalue weighted by Crippen LogP contribution is 2.28. The van der Waals surface area contributed by atoms with Gasteiger partial charge in [-0.1, -0.05) is 37.3 Å². The Bertz CT molecular complexity index is 692. The topological polar surface area (TPSA) is 109 Å². The first kappa shape index (κ1) is 16.2. The number of barbiturate groups is 1. The molecule has 4 amide bonds. The van der Waals surface area contributed by atoms with E-state index in [0.29, 0.717) is 5.56 Å². The van der Waals surface area contributed by atoms with E-state index in [4.69, 9.17) is 0 Å². The van der Waals surface area contributed by atoms with Gasteiger partial charge in [0.15, 0.2) is 9.84 Å². The van der Waals surface area contributed by atoms with E-state index in [1.807, 2.05) is 10.6 Å². The zero-order valence-corrected chi connectivity index (χ0v) is 12.8. The van der Waals surface area contributed by atoms with Crippen LogP contribution in [0.1, 0.15) is 18.9 Å². The van der Waals surface area contributed by atoms with Crippen molar-refractivity contribution in [1.82, 2.24) is 10.6 Å². The van der Waals surface area contributed by atoms with Gasteiger partial charge in [-0.3, -0.25) is 20.2 Å². The summed E-state index contributed by atoms with van der Waals surface area (Å²) < 4.78 is 24.7. The molecule has 118 valence electrons. The lowest BCUT2D eigenvalue weighted by atomic mass is 9.84. The van der Waals surface area contributed by atoms with Crippen molar-refractivity contribution in [2.24, 2.45) is 5.41 Å². The first-order valence-electron chi connectivity index (χ1n) is 6.70. The molecule has 0 radical (unpaired) electrons. The van der Waals surface area contributed by atoms with Crippen LogP contribution in [0.2, 0.25) is 0 Å². The van der Waals surface area contributed by atoms with Crippen molar-refractivity contribution in [2.45, 2.75) is 19.1 Å². The molecule has 1 heterocycles. The predicted octanol–water partition coefficient (Wildman–Crippen LogP) is 0.364. The highest BCUT2D eigenvalue weighted by molar-refractivity contribution is 7.90. The fraction of sp³-hybridized carbons (Fsp3) is 0.357. The lowest BCUT2D eigenvalue weighted by Gasteiger charge is -2.32. The number of hydrogen-bond donors (Lipinski definition) is 2. The van der Waals surface area contributed by atoms with E-state index in [9.17, 15) is 22.8 Å². The smallest absolute Gasteiger partial charge is 0.277 e. The SMILES string of the molecule is CCC1(CS(=O)(=O)Cc2ccccc2)C(=O)NC(=O)NC1=O. The van der Waals surface area contributed by atoms with Gasteiger partial charge in [0, 0.05) is 0 Å². The van der Waals surface area contributed by atoms with Gasteiger partial charge in [-0.25, -0.2) is 13.2 Å². The van der Waals surface area contributed by atoms with Gasteiger partial charge >= 0.3 is 6.03 Å². The van der Waals surface area contributed by atoms with E-state index < -0.39 is 38.9 Å². The number of hydrogen-bond acceptors (Lipinski definition) is 5. The minimum Gasteiger partial charge on any atom is -0.277 e. The second kappa shape index (κ2) is 5.88. The Morgan fingerprint density at radius 3 is 2.05 bits per heavy atom. The first-order chi connectivity index (χ1) is 10.3. The summed E-state index contributed by atoms with van der Waals surface area (Å²) in [5.41, 5.74) is -1.21. The normalized spacial score (nSPS) is 17.8. The highest BCUT2D eigenvalue weighted by Gasteiger charge is 2.51. The minimum atomic E-state index is -3.72. The van der Waals surface area contributed by atoms with Crippen molar-refractivity contribution < 1.29 is 22.8 Å². The third-order valence-corrected chi connectivity index (χ3v) is 5.33. The molecule has 1 aliphatic heterocycles. The fourth-order valence-electron chi connectivity index (χ4n) is 2.39. The molecule has 8 heteroatoms. The molecule has 0 spiro atoms. The van der Waals surface area contributed by atoms with E-state index in [0.717, 1.165) is 0 Å². The molecule has 1 saturated heterocycles. The zero-order chi connectivity index (χ0) is 16.4. The average Bonchev–Trinajstić information content (AvgIpc) is 2.43. The standard InChI is InChI=1S/C14H16N2O5S/c1-2-14(11(17)15-13(19)16-12(14)18)9-22(20,21)8-10-6-4-3-5-7-10/h3-7H,2,8-9H2,1H3,(H2,15,16,17,18,19). The number of sulfone groups is 1. The quantitative estimate of drug-likeness (QED) is 0.760. The van der Waals surface area contributed by atoms with Crippen molar-refractivity contribution in [3.63, 3.8) is 0 Å². The van der Waals surface area contributed by atoms with E-state index in [-0.39, 0.29) is 12.2 Å². The van der Waals surface area contributed by atoms with Gasteiger partial charge in [-0.05, 0) is 12.0 Å². The molecule has 0 aromatic heterocycles. The summed E-state index contributed by atoms with van der Waals surface area (Å²) in [6.45, 7) is 1.53. The molecule has 2 N–H and O–H groups in total. The number of benzene rings is 1. The number of amides is 4. The molecule has 1 fully saturated rings. The Morgan fingerprint density at radius 1 is 1.00 bits per heavy atom. The fourth-order valence-corrected chi connectivity index (χ4v) is 4.41. The number of rotatable bonds is 5. The van der Waals surface area contributed by atoms with Crippen LogP contribution in [0, 0.1) is 5.41 Å². The van der Waals surface area contributed by atoms with E-state index >= 15 is 0 Å². The Morgan fingerprint density at radius 2 is 1.55 bits per heavy atom. The van der Waals surface area contributed by atoms with Gasteiger partial charge < -0.3 is 0 Å². The molecular formula is C14H16N2O5S. The van der Waals surface area contributed by atoms with Crippen LogP contribution < -0.4 is 10.6 Å². The van der Waals surface area contributed by atoms with Crippen LogP contribution >= 0.6 is 0 Å². The van der Waals surface area contributed by atoms with Crippen molar-refractivity contribution in [3.8, 4) is 0 Å². The molecular weight excluding hydrogens is 308 g/mol. The summed E-state index contributed by atoms with van der Waals surface area (Å²) in [5, 5.41) is 3.93. The number of nitrogens with one attached hydrogen (secondary N) is 2. The lowest BCUT2D eigenvalue weighted by molar-refractivity contribution is -0.143. The third kappa shape index (κ3) is 3.16. The largest absolute Gasteiger partial charge is 0.328 e. The Labute approximate surface area is 128 Å². The number of imide groups is 2. The number of carbonyl (C=O) groups excluding carboxylic acids is 3. The van der Waals surface area contributed by atoms with Gasteiger partial charge in [-0.15, -0.1) is 0 Å². The number of urea groups is 1. The van der Waals surface area contributed by atoms with Gasteiger partial charge in [0.1, 0.15) is 5.41 Å². The molecule has 7 nitrogen and oxygen atoms in total. The van der Waals surface area contributed by atoms with Crippen molar-refractivity contribution in [2.75, 3.05) is 5.75 Å². The molecule has 0 saturated carbocycles. The van der Waals surface area contributed by atoms with E-state index in [2.05, 4.69) is 0 Å². The molecule has 1 aromatic rings. The van der Waals surface area contributed by atoms with Crippen molar-refractivity contribution in [3.05, 3.63) is 35.9 Å². The maximum absolute atomic E-state index is 12.4. The van der Waals surface area contributed by atoms with Crippen LogP contribution in [0.4, 0.5) is 4.79 Å². The predicted molar refractivity (Wildman–Crippen MR) is 78.3 cm³/mol. The minimum absolute atomic E-state index is 0.0219. The van der Waals surface area contributed by atoms with Crippen molar-refractivity contribution >= 4 is 27.7 Å². The summed E-state index contributed by atoms with van der Waals surface area (Å²) in [4.78, 5) is 35.2. The first-order valence-corrected chi connectivity index (χ1v) is 8.52. The lowest BCUT2D eigenvalue weighted by Crippen LogP contribution is -2.64. The van der Waals surface area contributed by atoms with Crippen LogP contribution in [0.25, 0.3) is 0 Å². The second-order valence-electron chi connectivity index (χ2n) is 5.19. The molecule has 0 bridgehead atoms. The number of carbonyl (C=O) groups is 3. The third-order valence-electron chi connectivity index (χ3n) is 3.62. The second-order valence-corrected chi connectivity index (χ2v) is 7.26. The zero-order valence-electron chi connectivity index (χ0n) is 12.0. The monoisotopic (exact) mass is 324 g/mol. The molecule has 0 aliphatic carbocycles. The molecule has 1 aliphatic rings. The summed E-state index contributed by atoms with van der Waals surface area (Å²) in [6, 6.07) is 7.55. The molecule has 2 rings (SSSR count). The summed E-state index contributed by atoms with van der Waals surface area (Å²) in [7, 11) is -3.72. The molecule has 0 atom stereocenters. The van der Waals surface area contributed by atoms with Gasteiger partial charge in [-0.2, -0.15) is 0 Å². The highest BCUT2D eigenvalue weighted by atomic mass is 32.2. The summed E-state index contributed by atoms with van der Waals surface area (Å²) >= 11 is 0. The van der Waals surface area contributed by atoms with Crippen molar-refractivity contribution in [1.29, 1.82) is 0 Å². The van der Waals surface area contributed by atoms with Crippen LogP contribution in [-0.4, -0.2) is 32.0 Å². The Balaban J connectivity index is 2.27. The summed E-state index contributed by atoms with van der Waals surface area (Å²) in [5.74, 6) is -2.67. The molecule has 1 aromatic carbocycles. The Kier molecular flexibility index (Phi) is 4.32. The maximum Gasteiger partial charge on any atom is 0.328 e. The van der Waals surface area contributed by atoms with Crippen LogP contribution in [0.15, 0.2) is 30.3 Å².